The quantitative estimate of drug-likeness (QED) is 0.246. The highest BCUT2D eigenvalue weighted by atomic mass is 35.5. The maximum absolute atomic E-state index is 12.9. The molecule has 7 nitrogen and oxygen atoms in total. The number of anilines is 1. The van der Waals surface area contributed by atoms with Crippen LogP contribution in [0.25, 0.3) is 6.08 Å². The molecule has 1 heterocycles. The lowest BCUT2D eigenvalue weighted by molar-refractivity contribution is -0.137. The Morgan fingerprint density at radius 2 is 1.78 bits per heavy atom. The Morgan fingerprint density at radius 3 is 2.46 bits per heavy atom. The normalized spacial score (nSPS) is 14.5. The number of imide groups is 1. The lowest BCUT2D eigenvalue weighted by atomic mass is 10.1. The first-order valence-electron chi connectivity index (χ1n) is 12.0. The van der Waals surface area contributed by atoms with Crippen LogP contribution < -0.4 is 14.8 Å². The minimum absolute atomic E-state index is 0.0233. The molecule has 13 heteroatoms. The van der Waals surface area contributed by atoms with Crippen molar-refractivity contribution in [2.45, 2.75) is 19.7 Å². The molecule has 4 rings (SSSR count). The molecular weight excluding hydrogens is 604 g/mol. The van der Waals surface area contributed by atoms with Crippen molar-refractivity contribution in [3.8, 4) is 11.5 Å². The Balaban J connectivity index is 1.47. The summed E-state index contributed by atoms with van der Waals surface area (Å²) in [6.07, 6.45) is -3.17. The van der Waals surface area contributed by atoms with Crippen LogP contribution in [-0.4, -0.2) is 35.1 Å². The maximum Gasteiger partial charge on any atom is 0.416 e. The number of alkyl halides is 3. The van der Waals surface area contributed by atoms with Crippen LogP contribution in [-0.2, 0) is 22.4 Å². The molecule has 3 amide bonds. The number of carbonyl (C=O) groups excluding carboxylic acids is 3. The molecule has 0 bridgehead atoms. The zero-order valence-electron chi connectivity index (χ0n) is 21.3. The van der Waals surface area contributed by atoms with Crippen LogP contribution in [0.3, 0.4) is 0 Å². The van der Waals surface area contributed by atoms with Gasteiger partial charge in [-0.25, -0.2) is 0 Å². The number of hydrogen-bond donors (Lipinski definition) is 1. The van der Waals surface area contributed by atoms with Crippen LogP contribution in [0.4, 0.5) is 23.7 Å². The highest BCUT2D eigenvalue weighted by Gasteiger charge is 2.36. The van der Waals surface area contributed by atoms with E-state index in [2.05, 4.69) is 5.32 Å². The van der Waals surface area contributed by atoms with E-state index in [1.165, 1.54) is 18.2 Å². The van der Waals surface area contributed by atoms with Crippen LogP contribution in [0.5, 0.6) is 11.5 Å². The Morgan fingerprint density at radius 1 is 1.05 bits per heavy atom. The molecule has 0 saturated carbocycles. The molecule has 1 N–H and O–H groups in total. The fourth-order valence-electron chi connectivity index (χ4n) is 3.72. The number of rotatable bonds is 9. The number of hydrogen-bond acceptors (Lipinski definition) is 6. The van der Waals surface area contributed by atoms with Crippen molar-refractivity contribution in [2.24, 2.45) is 0 Å². The fourth-order valence-corrected chi connectivity index (χ4v) is 4.95. The molecule has 0 spiro atoms. The highest BCUT2D eigenvalue weighted by molar-refractivity contribution is 8.18. The van der Waals surface area contributed by atoms with Gasteiger partial charge in [0.05, 0.1) is 22.1 Å². The first-order valence-corrected chi connectivity index (χ1v) is 13.6. The van der Waals surface area contributed by atoms with Crippen molar-refractivity contribution in [1.82, 2.24) is 4.90 Å². The number of benzene rings is 3. The molecule has 0 radical (unpaired) electrons. The summed E-state index contributed by atoms with van der Waals surface area (Å²) in [6, 6.07) is 14.2. The van der Waals surface area contributed by atoms with E-state index in [0.29, 0.717) is 45.4 Å². The molecular formula is C28H21Cl2F3N2O5S. The SMILES string of the molecule is CCOc1cc(/C=C2\SC(=O)N(CC(=O)Nc3cccc(C(F)(F)F)c3)C2=O)cc(Cl)c1OCc1ccc(Cl)cc1. The molecule has 214 valence electrons. The smallest absolute Gasteiger partial charge is 0.416 e. The monoisotopic (exact) mass is 624 g/mol. The zero-order chi connectivity index (χ0) is 29.7. The van der Waals surface area contributed by atoms with E-state index in [1.807, 2.05) is 0 Å². The molecule has 1 saturated heterocycles. The number of carbonyl (C=O) groups is 3. The third-order valence-corrected chi connectivity index (χ3v) is 7.01. The van der Waals surface area contributed by atoms with E-state index in [9.17, 15) is 27.6 Å². The van der Waals surface area contributed by atoms with Gasteiger partial charge in [0.2, 0.25) is 5.91 Å². The van der Waals surface area contributed by atoms with E-state index >= 15 is 0 Å². The Bertz CT molecular complexity index is 1510. The van der Waals surface area contributed by atoms with Gasteiger partial charge in [-0.05, 0) is 78.4 Å². The van der Waals surface area contributed by atoms with Gasteiger partial charge in [0.1, 0.15) is 13.2 Å². The van der Waals surface area contributed by atoms with Crippen molar-refractivity contribution < 1.29 is 37.0 Å². The Hall–Kier alpha value is -3.67. The van der Waals surface area contributed by atoms with Crippen LogP contribution >= 0.6 is 35.0 Å². The first-order chi connectivity index (χ1) is 19.4. The number of thioether (sulfide) groups is 1. The molecule has 0 aromatic heterocycles. The number of nitrogens with zero attached hydrogens (tertiary/aromatic N) is 1. The summed E-state index contributed by atoms with van der Waals surface area (Å²) in [7, 11) is 0. The van der Waals surface area contributed by atoms with E-state index in [0.717, 1.165) is 23.8 Å². The summed E-state index contributed by atoms with van der Waals surface area (Å²) < 4.78 is 50.4. The largest absolute Gasteiger partial charge is 0.490 e. The average molecular weight is 625 g/mol. The van der Waals surface area contributed by atoms with Gasteiger partial charge < -0.3 is 14.8 Å². The molecule has 0 aliphatic carbocycles. The topological polar surface area (TPSA) is 84.9 Å². The summed E-state index contributed by atoms with van der Waals surface area (Å²) in [5, 5.41) is 2.37. The van der Waals surface area contributed by atoms with Crippen LogP contribution in [0.1, 0.15) is 23.6 Å². The van der Waals surface area contributed by atoms with Crippen LogP contribution in [0, 0.1) is 0 Å². The molecule has 1 fully saturated rings. The molecule has 0 unspecified atom stereocenters. The number of amides is 3. The molecule has 1 aliphatic rings. The van der Waals surface area contributed by atoms with E-state index in [4.69, 9.17) is 32.7 Å². The predicted molar refractivity (Wildman–Crippen MR) is 151 cm³/mol. The van der Waals surface area contributed by atoms with Gasteiger partial charge in [0.25, 0.3) is 11.1 Å². The molecule has 0 atom stereocenters. The molecule has 1 aliphatic heterocycles. The number of nitrogens with one attached hydrogen (secondary N) is 1. The van der Waals surface area contributed by atoms with E-state index in [-0.39, 0.29) is 22.2 Å². The van der Waals surface area contributed by atoms with Crippen molar-refractivity contribution in [3.63, 3.8) is 0 Å². The number of halogens is 5. The molecule has 3 aromatic rings. The Labute approximate surface area is 247 Å². The molecule has 3 aromatic carbocycles. The summed E-state index contributed by atoms with van der Waals surface area (Å²) >= 11 is 13.0. The van der Waals surface area contributed by atoms with Crippen LogP contribution in [0.2, 0.25) is 10.0 Å². The average Bonchev–Trinajstić information content (AvgIpc) is 3.16. The zero-order valence-corrected chi connectivity index (χ0v) is 23.6. The predicted octanol–water partition coefficient (Wildman–Crippen LogP) is 7.66. The van der Waals surface area contributed by atoms with Gasteiger partial charge in [-0.1, -0.05) is 41.4 Å². The van der Waals surface area contributed by atoms with Crippen molar-refractivity contribution in [2.75, 3.05) is 18.5 Å². The van der Waals surface area contributed by atoms with Gasteiger partial charge in [-0.2, -0.15) is 13.2 Å². The first kappa shape index (κ1) is 30.3. The summed E-state index contributed by atoms with van der Waals surface area (Å²) in [6.45, 7) is 1.59. The fraction of sp³-hybridized carbons (Fsp3) is 0.179. The summed E-state index contributed by atoms with van der Waals surface area (Å²) in [4.78, 5) is 38.6. The summed E-state index contributed by atoms with van der Waals surface area (Å²) in [5.41, 5.74) is 0.221. The minimum atomic E-state index is -4.59. The van der Waals surface area contributed by atoms with E-state index < -0.39 is 35.3 Å². The van der Waals surface area contributed by atoms with Gasteiger partial charge in [0.15, 0.2) is 11.5 Å². The van der Waals surface area contributed by atoms with Gasteiger partial charge >= 0.3 is 6.18 Å². The lowest BCUT2D eigenvalue weighted by Gasteiger charge is -2.15. The van der Waals surface area contributed by atoms with Gasteiger partial charge in [0, 0.05) is 10.7 Å². The second-order valence-corrected chi connectivity index (χ2v) is 10.4. The molecule has 41 heavy (non-hydrogen) atoms. The highest BCUT2D eigenvalue weighted by Crippen LogP contribution is 2.39. The van der Waals surface area contributed by atoms with Crippen LogP contribution in [0.15, 0.2) is 65.6 Å². The third-order valence-electron chi connectivity index (χ3n) is 5.57. The second kappa shape index (κ2) is 12.9. The Kier molecular flexibility index (Phi) is 9.52. The summed E-state index contributed by atoms with van der Waals surface area (Å²) in [5.74, 6) is -0.965. The second-order valence-electron chi connectivity index (χ2n) is 8.57. The van der Waals surface area contributed by atoms with Crippen molar-refractivity contribution in [3.05, 3.63) is 92.3 Å². The lowest BCUT2D eigenvalue weighted by Crippen LogP contribution is -2.36. The van der Waals surface area contributed by atoms with Crippen molar-refractivity contribution >= 4 is 63.8 Å². The maximum atomic E-state index is 12.9. The standard InChI is InChI=1S/C28H21Cl2F3N2O5S/c1-2-39-22-11-17(10-21(30)25(22)40-15-16-6-8-19(29)9-7-16)12-23-26(37)35(27(38)41-23)14-24(36)34-20-5-3-4-18(13-20)28(31,32)33/h3-13H,2,14-15H2,1H3,(H,34,36)/b23-12-. The minimum Gasteiger partial charge on any atom is -0.490 e. The van der Waals surface area contributed by atoms with Gasteiger partial charge in [-0.3, -0.25) is 19.3 Å². The van der Waals surface area contributed by atoms with Crippen molar-refractivity contribution in [1.29, 1.82) is 0 Å². The third kappa shape index (κ3) is 7.75. The number of ether oxygens (including phenoxy) is 2. The van der Waals surface area contributed by atoms with Gasteiger partial charge in [-0.15, -0.1) is 0 Å². The van der Waals surface area contributed by atoms with E-state index in [1.54, 1.807) is 37.3 Å².